The fraction of sp³-hybridized carbons (Fsp3) is 0.462. The first-order valence-corrected chi connectivity index (χ1v) is 7.27. The Hall–Kier alpha value is -1.40. The van der Waals surface area contributed by atoms with Gasteiger partial charge in [-0.2, -0.15) is 0 Å². The molecule has 0 heterocycles. The minimum Gasteiger partial charge on any atom is -0.481 e. The van der Waals surface area contributed by atoms with Crippen LogP contribution in [0.1, 0.15) is 22.3 Å². The van der Waals surface area contributed by atoms with Crippen LogP contribution in [0.4, 0.5) is 0 Å². The van der Waals surface area contributed by atoms with Gasteiger partial charge in [0.2, 0.25) is 10.0 Å². The van der Waals surface area contributed by atoms with Gasteiger partial charge in [-0.1, -0.05) is 6.07 Å². The lowest BCUT2D eigenvalue weighted by molar-refractivity contribution is -0.136. The van der Waals surface area contributed by atoms with Gasteiger partial charge in [0.1, 0.15) is 0 Å². The zero-order valence-corrected chi connectivity index (χ0v) is 12.6. The van der Waals surface area contributed by atoms with Gasteiger partial charge in [-0.15, -0.1) is 0 Å². The van der Waals surface area contributed by atoms with Gasteiger partial charge in [0.05, 0.1) is 11.3 Å². The van der Waals surface area contributed by atoms with Crippen LogP contribution < -0.4 is 0 Å². The van der Waals surface area contributed by atoms with E-state index < -0.39 is 16.0 Å². The summed E-state index contributed by atoms with van der Waals surface area (Å²) >= 11 is 0. The van der Waals surface area contributed by atoms with Crippen molar-refractivity contribution in [2.24, 2.45) is 0 Å². The molecule has 0 fully saturated rings. The number of benzene rings is 1. The molecule has 0 atom stereocenters. The molecule has 0 saturated heterocycles. The summed E-state index contributed by atoms with van der Waals surface area (Å²) in [6.07, 6.45) is -0.173. The molecular weight excluding hydrogens is 266 g/mol. The minimum atomic E-state index is -3.57. The van der Waals surface area contributed by atoms with Gasteiger partial charge < -0.3 is 5.11 Å². The molecule has 0 aliphatic heterocycles. The molecule has 0 aliphatic carbocycles. The molecule has 1 N–H and O–H groups in total. The van der Waals surface area contributed by atoms with E-state index in [1.165, 1.54) is 14.1 Å². The van der Waals surface area contributed by atoms with Crippen LogP contribution in [0.3, 0.4) is 0 Å². The van der Waals surface area contributed by atoms with Crippen molar-refractivity contribution in [2.45, 2.75) is 32.1 Å². The summed E-state index contributed by atoms with van der Waals surface area (Å²) in [5, 5.41) is 8.93. The monoisotopic (exact) mass is 285 g/mol. The average Bonchev–Trinajstić information content (AvgIpc) is 2.22. The summed E-state index contributed by atoms with van der Waals surface area (Å²) in [6.45, 7) is 5.18. The van der Waals surface area contributed by atoms with E-state index in [4.69, 9.17) is 5.11 Å². The molecule has 106 valence electrons. The Kier molecular flexibility index (Phi) is 4.37. The third-order valence-corrected chi connectivity index (χ3v) is 5.23. The molecule has 0 radical (unpaired) electrons. The molecule has 0 amide bonds. The second-order valence-corrected chi connectivity index (χ2v) is 6.89. The number of aryl methyl sites for hydroxylation is 2. The van der Waals surface area contributed by atoms with Gasteiger partial charge in [-0.25, -0.2) is 12.7 Å². The lowest BCUT2D eigenvalue weighted by Crippen LogP contribution is -2.24. The van der Waals surface area contributed by atoms with Crippen LogP contribution >= 0.6 is 0 Å². The number of aliphatic carboxylic acids is 1. The van der Waals surface area contributed by atoms with E-state index in [9.17, 15) is 13.2 Å². The number of sulfonamides is 1. The summed E-state index contributed by atoms with van der Waals surface area (Å²) in [5.41, 5.74) is 2.53. The van der Waals surface area contributed by atoms with Crippen molar-refractivity contribution in [1.29, 1.82) is 0 Å². The molecule has 0 unspecified atom stereocenters. The zero-order valence-electron chi connectivity index (χ0n) is 11.8. The molecule has 1 rings (SSSR count). The van der Waals surface area contributed by atoms with Crippen LogP contribution in [-0.4, -0.2) is 37.9 Å². The highest BCUT2D eigenvalue weighted by atomic mass is 32.2. The largest absolute Gasteiger partial charge is 0.481 e. The first kappa shape index (κ1) is 15.7. The highest BCUT2D eigenvalue weighted by Crippen LogP contribution is 2.28. The molecule has 0 aliphatic rings. The van der Waals surface area contributed by atoms with Crippen molar-refractivity contribution >= 4 is 16.0 Å². The normalized spacial score (nSPS) is 11.9. The smallest absolute Gasteiger partial charge is 0.307 e. The molecule has 6 heteroatoms. The van der Waals surface area contributed by atoms with E-state index in [1.54, 1.807) is 26.8 Å². The number of hydrogen-bond donors (Lipinski definition) is 1. The van der Waals surface area contributed by atoms with E-state index in [0.717, 1.165) is 9.87 Å². The zero-order chi connectivity index (χ0) is 15.0. The summed E-state index contributed by atoms with van der Waals surface area (Å²) < 4.78 is 25.7. The van der Waals surface area contributed by atoms with E-state index in [2.05, 4.69) is 0 Å². The summed E-state index contributed by atoms with van der Waals surface area (Å²) in [6, 6.07) is 1.72. The van der Waals surface area contributed by atoms with Crippen LogP contribution in [0.2, 0.25) is 0 Å². The van der Waals surface area contributed by atoms with Crippen LogP contribution in [0.25, 0.3) is 0 Å². The predicted octanol–water partition coefficient (Wildman–Crippen LogP) is 1.49. The van der Waals surface area contributed by atoms with Crippen molar-refractivity contribution in [3.63, 3.8) is 0 Å². The second-order valence-electron chi connectivity index (χ2n) is 4.80. The van der Waals surface area contributed by atoms with E-state index in [0.29, 0.717) is 16.7 Å². The van der Waals surface area contributed by atoms with Crippen molar-refractivity contribution in [3.05, 3.63) is 28.3 Å². The maximum Gasteiger partial charge on any atom is 0.307 e. The summed E-state index contributed by atoms with van der Waals surface area (Å²) in [4.78, 5) is 11.1. The Morgan fingerprint density at radius 1 is 1.21 bits per heavy atom. The average molecular weight is 285 g/mol. The third kappa shape index (κ3) is 2.96. The fourth-order valence-electron chi connectivity index (χ4n) is 2.21. The molecular formula is C13H19NO4S. The van der Waals surface area contributed by atoms with Gasteiger partial charge >= 0.3 is 5.97 Å². The third-order valence-electron chi connectivity index (χ3n) is 3.13. The highest BCUT2D eigenvalue weighted by Gasteiger charge is 2.25. The van der Waals surface area contributed by atoms with Crippen molar-refractivity contribution in [3.8, 4) is 0 Å². The Morgan fingerprint density at radius 2 is 1.74 bits per heavy atom. The number of carbonyl (C=O) groups is 1. The number of hydrogen-bond acceptors (Lipinski definition) is 3. The Labute approximate surface area is 113 Å². The standard InChI is InChI=1S/C13H19NO4S/c1-8-6-9(2)13(19(17,18)14(4)5)10(3)11(8)7-12(15)16/h6H,7H2,1-5H3,(H,15,16). The lowest BCUT2D eigenvalue weighted by atomic mass is 9.97. The van der Waals surface area contributed by atoms with Gasteiger partial charge in [0.25, 0.3) is 0 Å². The maximum atomic E-state index is 12.3. The van der Waals surface area contributed by atoms with Crippen molar-refractivity contribution in [2.75, 3.05) is 14.1 Å². The highest BCUT2D eigenvalue weighted by molar-refractivity contribution is 7.89. The molecule has 1 aromatic rings. The maximum absolute atomic E-state index is 12.3. The quantitative estimate of drug-likeness (QED) is 0.909. The van der Waals surface area contributed by atoms with Crippen LogP contribution in [0.5, 0.6) is 0 Å². The number of rotatable bonds is 4. The van der Waals surface area contributed by atoms with Crippen LogP contribution in [0.15, 0.2) is 11.0 Å². The van der Waals surface area contributed by atoms with Crippen molar-refractivity contribution < 1.29 is 18.3 Å². The SMILES string of the molecule is Cc1cc(C)c(S(=O)(=O)N(C)C)c(C)c1CC(=O)O. The van der Waals surface area contributed by atoms with E-state index >= 15 is 0 Å². The van der Waals surface area contributed by atoms with E-state index in [1.807, 2.05) is 0 Å². The molecule has 19 heavy (non-hydrogen) atoms. The molecule has 0 aromatic heterocycles. The number of carboxylic acid groups (broad SMARTS) is 1. The van der Waals surface area contributed by atoms with Gasteiger partial charge in [-0.05, 0) is 43.0 Å². The summed E-state index contributed by atoms with van der Waals surface area (Å²) in [7, 11) is -0.646. The Bertz CT molecular complexity index is 618. The molecule has 0 bridgehead atoms. The molecule has 0 saturated carbocycles. The minimum absolute atomic E-state index is 0.173. The molecule has 0 spiro atoms. The van der Waals surface area contributed by atoms with E-state index in [-0.39, 0.29) is 11.3 Å². The fourth-order valence-corrected chi connectivity index (χ4v) is 3.55. The van der Waals surface area contributed by atoms with Gasteiger partial charge in [-0.3, -0.25) is 4.79 Å². The van der Waals surface area contributed by atoms with Gasteiger partial charge in [0, 0.05) is 14.1 Å². The molecule has 5 nitrogen and oxygen atoms in total. The lowest BCUT2D eigenvalue weighted by Gasteiger charge is -2.19. The Balaban J connectivity index is 3.64. The number of carboxylic acids is 1. The van der Waals surface area contributed by atoms with Crippen LogP contribution in [0, 0.1) is 20.8 Å². The first-order valence-electron chi connectivity index (χ1n) is 5.83. The first-order chi connectivity index (χ1) is 8.59. The Morgan fingerprint density at radius 3 is 2.16 bits per heavy atom. The van der Waals surface area contributed by atoms with Crippen LogP contribution in [-0.2, 0) is 21.2 Å². The number of nitrogens with zero attached hydrogens (tertiary/aromatic N) is 1. The van der Waals surface area contributed by atoms with Gasteiger partial charge in [0.15, 0.2) is 0 Å². The topological polar surface area (TPSA) is 74.7 Å². The molecule has 1 aromatic carbocycles. The van der Waals surface area contributed by atoms with Crippen molar-refractivity contribution in [1.82, 2.24) is 4.31 Å². The second kappa shape index (κ2) is 5.30. The predicted molar refractivity (Wildman–Crippen MR) is 72.9 cm³/mol. The summed E-state index contributed by atoms with van der Waals surface area (Å²) in [5.74, 6) is -0.969.